The third kappa shape index (κ3) is 3.06. The number of urea groups is 1. The van der Waals surface area contributed by atoms with E-state index in [1.807, 2.05) is 41.6 Å². The molecule has 128 valence electrons. The van der Waals surface area contributed by atoms with Crippen LogP contribution in [0.1, 0.15) is 18.3 Å². The number of nitrogens with zero attached hydrogens (tertiary/aromatic N) is 5. The summed E-state index contributed by atoms with van der Waals surface area (Å²) in [7, 11) is 0. The second-order valence-corrected chi connectivity index (χ2v) is 5.93. The molecule has 7 heteroatoms. The Labute approximate surface area is 142 Å². The monoisotopic (exact) mass is 328 g/mol. The van der Waals surface area contributed by atoms with E-state index in [9.17, 15) is 4.79 Å². The van der Waals surface area contributed by atoms with Gasteiger partial charge in [-0.15, -0.1) is 0 Å². The number of nitrogens with one attached hydrogen (secondary N) is 1. The van der Waals surface area contributed by atoms with Crippen molar-refractivity contribution in [2.75, 3.05) is 37.6 Å². The first-order valence-electron chi connectivity index (χ1n) is 8.37. The van der Waals surface area contributed by atoms with Crippen molar-refractivity contribution < 1.29 is 4.79 Å². The maximum absolute atomic E-state index is 11.9. The Morgan fingerprint density at radius 2 is 1.96 bits per heavy atom. The Hall–Kier alpha value is -2.57. The van der Waals surface area contributed by atoms with Gasteiger partial charge in [-0.1, -0.05) is 6.07 Å². The van der Waals surface area contributed by atoms with Crippen LogP contribution in [-0.2, 0) is 0 Å². The lowest BCUT2D eigenvalue weighted by Crippen LogP contribution is -2.52. The van der Waals surface area contributed by atoms with Crippen molar-refractivity contribution in [3.05, 3.63) is 35.8 Å². The minimum Gasteiger partial charge on any atom is -0.365 e. The van der Waals surface area contributed by atoms with Gasteiger partial charge in [-0.05, 0) is 32.9 Å². The SMILES string of the molecule is CCNC(=O)N1CCN(c2c(C)nn(-c3ccccn3)c2C)CC1. The van der Waals surface area contributed by atoms with E-state index in [2.05, 4.69) is 27.2 Å². The molecular formula is C17H24N6O. The number of piperazine rings is 1. The molecule has 7 nitrogen and oxygen atoms in total. The first-order chi connectivity index (χ1) is 11.6. The van der Waals surface area contributed by atoms with Crippen LogP contribution in [0.4, 0.5) is 10.5 Å². The quantitative estimate of drug-likeness (QED) is 0.932. The molecule has 1 N–H and O–H groups in total. The van der Waals surface area contributed by atoms with Gasteiger partial charge in [-0.2, -0.15) is 5.10 Å². The minimum atomic E-state index is 0.0229. The predicted molar refractivity (Wildman–Crippen MR) is 93.7 cm³/mol. The van der Waals surface area contributed by atoms with Crippen LogP contribution in [0.5, 0.6) is 0 Å². The zero-order valence-corrected chi connectivity index (χ0v) is 14.5. The van der Waals surface area contributed by atoms with Gasteiger partial charge in [0, 0.05) is 38.9 Å². The molecular weight excluding hydrogens is 304 g/mol. The molecule has 0 spiro atoms. The summed E-state index contributed by atoms with van der Waals surface area (Å²) in [6.07, 6.45) is 1.77. The average molecular weight is 328 g/mol. The van der Waals surface area contributed by atoms with Gasteiger partial charge in [0.2, 0.25) is 0 Å². The van der Waals surface area contributed by atoms with Crippen LogP contribution in [-0.4, -0.2) is 58.4 Å². The van der Waals surface area contributed by atoms with E-state index >= 15 is 0 Å². The Morgan fingerprint density at radius 3 is 2.58 bits per heavy atom. The van der Waals surface area contributed by atoms with Crippen LogP contribution in [0.25, 0.3) is 5.82 Å². The molecule has 0 aliphatic carbocycles. The fourth-order valence-corrected chi connectivity index (χ4v) is 3.19. The second-order valence-electron chi connectivity index (χ2n) is 5.93. The zero-order chi connectivity index (χ0) is 17.1. The number of hydrogen-bond donors (Lipinski definition) is 1. The highest BCUT2D eigenvalue weighted by atomic mass is 16.2. The Kier molecular flexibility index (Phi) is 4.69. The molecule has 24 heavy (non-hydrogen) atoms. The van der Waals surface area contributed by atoms with Gasteiger partial charge >= 0.3 is 6.03 Å². The lowest BCUT2D eigenvalue weighted by Gasteiger charge is -2.36. The molecule has 3 rings (SSSR count). The number of aryl methyl sites for hydroxylation is 1. The van der Waals surface area contributed by atoms with Gasteiger partial charge < -0.3 is 15.1 Å². The Balaban J connectivity index is 1.77. The van der Waals surface area contributed by atoms with Crippen molar-refractivity contribution >= 4 is 11.7 Å². The first kappa shape index (κ1) is 16.3. The van der Waals surface area contributed by atoms with Crippen molar-refractivity contribution in [3.63, 3.8) is 0 Å². The number of hydrogen-bond acceptors (Lipinski definition) is 4. The highest BCUT2D eigenvalue weighted by Crippen LogP contribution is 2.27. The second kappa shape index (κ2) is 6.90. The molecule has 2 aromatic rings. The molecule has 1 fully saturated rings. The van der Waals surface area contributed by atoms with Crippen molar-refractivity contribution in [1.29, 1.82) is 0 Å². The van der Waals surface area contributed by atoms with Crippen LogP contribution < -0.4 is 10.2 Å². The molecule has 2 amide bonds. The van der Waals surface area contributed by atoms with Gasteiger partial charge in [0.25, 0.3) is 0 Å². The predicted octanol–water partition coefficient (Wildman–Crippen LogP) is 1.74. The van der Waals surface area contributed by atoms with E-state index in [-0.39, 0.29) is 6.03 Å². The maximum atomic E-state index is 11.9. The maximum Gasteiger partial charge on any atom is 0.317 e. The summed E-state index contributed by atoms with van der Waals surface area (Å²) in [5, 5.41) is 7.52. The van der Waals surface area contributed by atoms with E-state index in [0.29, 0.717) is 6.54 Å². The standard InChI is InChI=1S/C17H24N6O/c1-4-18-17(24)22-11-9-21(10-12-22)16-13(2)20-23(14(16)3)15-7-5-6-8-19-15/h5-8H,4,9-12H2,1-3H3,(H,18,24). The molecule has 1 saturated heterocycles. The van der Waals surface area contributed by atoms with Crippen LogP contribution >= 0.6 is 0 Å². The normalized spacial score (nSPS) is 14.8. The molecule has 0 radical (unpaired) electrons. The number of carbonyl (C=O) groups is 1. The number of amides is 2. The molecule has 0 unspecified atom stereocenters. The summed E-state index contributed by atoms with van der Waals surface area (Å²) in [6.45, 7) is 9.76. The topological polar surface area (TPSA) is 66.3 Å². The third-order valence-electron chi connectivity index (χ3n) is 4.33. The van der Waals surface area contributed by atoms with Crippen molar-refractivity contribution in [3.8, 4) is 5.82 Å². The number of rotatable bonds is 3. The van der Waals surface area contributed by atoms with Crippen LogP contribution in [0.15, 0.2) is 24.4 Å². The largest absolute Gasteiger partial charge is 0.365 e. The lowest BCUT2D eigenvalue weighted by molar-refractivity contribution is 0.195. The van der Waals surface area contributed by atoms with Crippen molar-refractivity contribution in [2.45, 2.75) is 20.8 Å². The number of carbonyl (C=O) groups excluding carboxylic acids is 1. The molecule has 3 heterocycles. The summed E-state index contributed by atoms with van der Waals surface area (Å²) >= 11 is 0. The molecule has 0 saturated carbocycles. The Bertz CT molecular complexity index is 703. The van der Waals surface area contributed by atoms with Gasteiger partial charge in [-0.25, -0.2) is 14.5 Å². The van der Waals surface area contributed by atoms with Gasteiger partial charge in [0.05, 0.1) is 17.1 Å². The van der Waals surface area contributed by atoms with E-state index in [1.165, 1.54) is 0 Å². The van der Waals surface area contributed by atoms with Crippen LogP contribution in [0, 0.1) is 13.8 Å². The highest BCUT2D eigenvalue weighted by molar-refractivity contribution is 5.74. The first-order valence-corrected chi connectivity index (χ1v) is 8.37. The average Bonchev–Trinajstić information content (AvgIpc) is 2.90. The van der Waals surface area contributed by atoms with E-state index in [1.54, 1.807) is 6.20 Å². The fourth-order valence-electron chi connectivity index (χ4n) is 3.19. The summed E-state index contributed by atoms with van der Waals surface area (Å²) in [5.41, 5.74) is 3.22. The molecule has 0 atom stereocenters. The summed E-state index contributed by atoms with van der Waals surface area (Å²) in [6, 6.07) is 5.84. The zero-order valence-electron chi connectivity index (χ0n) is 14.5. The van der Waals surface area contributed by atoms with Crippen molar-refractivity contribution in [1.82, 2.24) is 25.0 Å². The Morgan fingerprint density at radius 1 is 1.21 bits per heavy atom. The van der Waals surface area contributed by atoms with Gasteiger partial charge in [0.1, 0.15) is 0 Å². The number of aromatic nitrogens is 3. The molecule has 0 bridgehead atoms. The van der Waals surface area contributed by atoms with Gasteiger partial charge in [0.15, 0.2) is 5.82 Å². The molecule has 0 aromatic carbocycles. The van der Waals surface area contributed by atoms with E-state index in [0.717, 1.165) is 49.1 Å². The molecule has 1 aliphatic heterocycles. The van der Waals surface area contributed by atoms with E-state index < -0.39 is 0 Å². The smallest absolute Gasteiger partial charge is 0.317 e. The molecule has 1 aliphatic rings. The van der Waals surface area contributed by atoms with Crippen LogP contribution in [0.3, 0.4) is 0 Å². The third-order valence-corrected chi connectivity index (χ3v) is 4.33. The number of pyridine rings is 1. The molecule has 2 aromatic heterocycles. The van der Waals surface area contributed by atoms with Gasteiger partial charge in [-0.3, -0.25) is 0 Å². The number of anilines is 1. The van der Waals surface area contributed by atoms with Crippen LogP contribution in [0.2, 0.25) is 0 Å². The summed E-state index contributed by atoms with van der Waals surface area (Å²) in [5.74, 6) is 0.824. The minimum absolute atomic E-state index is 0.0229. The summed E-state index contributed by atoms with van der Waals surface area (Å²) < 4.78 is 1.89. The summed E-state index contributed by atoms with van der Waals surface area (Å²) in [4.78, 5) is 20.5. The lowest BCUT2D eigenvalue weighted by atomic mass is 10.2. The fraction of sp³-hybridized carbons (Fsp3) is 0.471. The highest BCUT2D eigenvalue weighted by Gasteiger charge is 2.25. The van der Waals surface area contributed by atoms with Crippen molar-refractivity contribution in [2.24, 2.45) is 0 Å². The van der Waals surface area contributed by atoms with E-state index in [4.69, 9.17) is 0 Å².